The zero-order valence-corrected chi connectivity index (χ0v) is 10.8. The molecule has 0 heterocycles. The van der Waals surface area contributed by atoms with E-state index in [1.807, 2.05) is 0 Å². The Morgan fingerprint density at radius 1 is 1.31 bits per heavy atom. The normalized spacial score (nSPS) is 12.2. The van der Waals surface area contributed by atoms with Gasteiger partial charge in [-0.3, -0.25) is 0 Å². The van der Waals surface area contributed by atoms with Crippen LogP contribution in [0.25, 0.3) is 0 Å². The lowest BCUT2D eigenvalue weighted by molar-refractivity contribution is -0.139. The molecule has 0 aromatic rings. The van der Waals surface area contributed by atoms with Gasteiger partial charge in [0, 0.05) is 12.2 Å². The van der Waals surface area contributed by atoms with E-state index in [2.05, 4.69) is 20.4 Å². The van der Waals surface area contributed by atoms with Gasteiger partial charge < -0.3 is 9.47 Å². The first-order chi connectivity index (χ1) is 7.61. The van der Waals surface area contributed by atoms with Gasteiger partial charge in [-0.1, -0.05) is 20.4 Å². The maximum Gasteiger partial charge on any atom is 0.333 e. The summed E-state index contributed by atoms with van der Waals surface area (Å²) >= 11 is 0. The number of carbonyl (C=O) groups excluding carboxylic acids is 1. The van der Waals surface area contributed by atoms with Crippen molar-refractivity contribution < 1.29 is 14.3 Å². The first-order valence-electron chi connectivity index (χ1n) is 6.06. The maximum absolute atomic E-state index is 11.1. The Hall–Kier alpha value is -0.830. The van der Waals surface area contributed by atoms with Crippen molar-refractivity contribution in [2.45, 2.75) is 52.6 Å². The van der Waals surface area contributed by atoms with Crippen molar-refractivity contribution in [2.75, 3.05) is 13.2 Å². The van der Waals surface area contributed by atoms with Crippen LogP contribution in [0.3, 0.4) is 0 Å². The minimum atomic E-state index is -0.303. The smallest absolute Gasteiger partial charge is 0.333 e. The van der Waals surface area contributed by atoms with E-state index in [4.69, 9.17) is 9.47 Å². The minimum Gasteiger partial charge on any atom is -0.462 e. The molecule has 16 heavy (non-hydrogen) atoms. The molecule has 0 amide bonds. The van der Waals surface area contributed by atoms with E-state index in [0.717, 1.165) is 32.3 Å². The molecule has 0 aromatic heterocycles. The van der Waals surface area contributed by atoms with Crippen LogP contribution >= 0.6 is 0 Å². The summed E-state index contributed by atoms with van der Waals surface area (Å²) in [5, 5.41) is 0. The number of hydrogen-bond acceptors (Lipinski definition) is 3. The fourth-order valence-electron chi connectivity index (χ4n) is 1.29. The largest absolute Gasteiger partial charge is 0.462 e. The number of esters is 1. The van der Waals surface area contributed by atoms with Gasteiger partial charge in [0.1, 0.15) is 0 Å². The van der Waals surface area contributed by atoms with E-state index in [0.29, 0.717) is 18.3 Å². The molecule has 0 radical (unpaired) electrons. The second-order valence-corrected chi connectivity index (χ2v) is 3.96. The Kier molecular flexibility index (Phi) is 8.91. The summed E-state index contributed by atoms with van der Waals surface area (Å²) in [6.45, 7) is 10.7. The standard InChI is InChI=1S/C13H24O3/c1-5-9-15-12(6-2)8-7-10-16-13(14)11(3)4/h12H,3,5-10H2,1-2,4H3. The molecule has 0 rings (SSSR count). The highest BCUT2D eigenvalue weighted by molar-refractivity contribution is 5.86. The molecule has 3 nitrogen and oxygen atoms in total. The average molecular weight is 228 g/mol. The van der Waals surface area contributed by atoms with Gasteiger partial charge >= 0.3 is 5.97 Å². The molecule has 0 saturated carbocycles. The summed E-state index contributed by atoms with van der Waals surface area (Å²) in [7, 11) is 0. The molecule has 1 atom stereocenters. The fourth-order valence-corrected chi connectivity index (χ4v) is 1.29. The number of hydrogen-bond donors (Lipinski definition) is 0. The SMILES string of the molecule is C=C(C)C(=O)OCCCC(CC)OCCC. The highest BCUT2D eigenvalue weighted by atomic mass is 16.5. The second kappa shape index (κ2) is 9.40. The van der Waals surface area contributed by atoms with E-state index in [1.54, 1.807) is 6.92 Å². The Morgan fingerprint density at radius 2 is 2.00 bits per heavy atom. The Morgan fingerprint density at radius 3 is 2.50 bits per heavy atom. The van der Waals surface area contributed by atoms with Crippen LogP contribution in [-0.2, 0) is 14.3 Å². The fraction of sp³-hybridized carbons (Fsp3) is 0.769. The van der Waals surface area contributed by atoms with Gasteiger partial charge in [-0.2, -0.15) is 0 Å². The predicted molar refractivity (Wildman–Crippen MR) is 65.3 cm³/mol. The molecule has 0 aliphatic carbocycles. The van der Waals surface area contributed by atoms with Crippen molar-refractivity contribution in [3.8, 4) is 0 Å². The second-order valence-electron chi connectivity index (χ2n) is 3.96. The molecule has 0 fully saturated rings. The summed E-state index contributed by atoms with van der Waals surface area (Å²) in [4.78, 5) is 11.1. The van der Waals surface area contributed by atoms with Gasteiger partial charge in [0.2, 0.25) is 0 Å². The molecule has 0 bridgehead atoms. The van der Waals surface area contributed by atoms with E-state index in [1.165, 1.54) is 0 Å². The van der Waals surface area contributed by atoms with Crippen LogP contribution in [0.1, 0.15) is 46.5 Å². The van der Waals surface area contributed by atoms with Crippen molar-refractivity contribution >= 4 is 5.97 Å². The van der Waals surface area contributed by atoms with Crippen LogP contribution in [0.4, 0.5) is 0 Å². The molecule has 0 aromatic carbocycles. The Bertz CT molecular complexity index is 211. The molecular weight excluding hydrogens is 204 g/mol. The van der Waals surface area contributed by atoms with Gasteiger partial charge in [0.05, 0.1) is 12.7 Å². The van der Waals surface area contributed by atoms with Gasteiger partial charge in [-0.05, 0) is 32.6 Å². The molecule has 0 aliphatic rings. The predicted octanol–water partition coefficient (Wildman–Crippen LogP) is 3.09. The number of carbonyl (C=O) groups is 1. The first kappa shape index (κ1) is 15.2. The third-order valence-corrected chi connectivity index (χ3v) is 2.27. The zero-order chi connectivity index (χ0) is 12.4. The average Bonchev–Trinajstić information content (AvgIpc) is 2.27. The maximum atomic E-state index is 11.1. The molecule has 0 saturated heterocycles. The van der Waals surface area contributed by atoms with Crippen molar-refractivity contribution in [1.82, 2.24) is 0 Å². The molecule has 3 heteroatoms. The minimum absolute atomic E-state index is 0.295. The summed E-state index contributed by atoms with van der Waals surface area (Å²) in [5.74, 6) is -0.303. The van der Waals surface area contributed by atoms with Gasteiger partial charge in [0.25, 0.3) is 0 Å². The van der Waals surface area contributed by atoms with E-state index in [-0.39, 0.29) is 5.97 Å². The monoisotopic (exact) mass is 228 g/mol. The van der Waals surface area contributed by atoms with Crippen LogP contribution in [0.2, 0.25) is 0 Å². The Balaban J connectivity index is 3.55. The molecular formula is C13H24O3. The Labute approximate surface area is 98.8 Å². The van der Waals surface area contributed by atoms with Gasteiger partial charge in [-0.15, -0.1) is 0 Å². The van der Waals surface area contributed by atoms with Crippen molar-refractivity contribution in [2.24, 2.45) is 0 Å². The highest BCUT2D eigenvalue weighted by Crippen LogP contribution is 2.07. The molecule has 94 valence electrons. The number of rotatable bonds is 9. The summed E-state index contributed by atoms with van der Waals surface area (Å²) in [5.41, 5.74) is 0.453. The summed E-state index contributed by atoms with van der Waals surface area (Å²) in [6.07, 6.45) is 4.14. The third-order valence-electron chi connectivity index (χ3n) is 2.27. The van der Waals surface area contributed by atoms with Gasteiger partial charge in [-0.25, -0.2) is 4.79 Å². The zero-order valence-electron chi connectivity index (χ0n) is 10.8. The van der Waals surface area contributed by atoms with Crippen LogP contribution in [0.5, 0.6) is 0 Å². The molecule has 1 unspecified atom stereocenters. The van der Waals surface area contributed by atoms with Crippen molar-refractivity contribution in [3.63, 3.8) is 0 Å². The van der Waals surface area contributed by atoms with Gasteiger partial charge in [0.15, 0.2) is 0 Å². The lowest BCUT2D eigenvalue weighted by Crippen LogP contribution is -2.14. The van der Waals surface area contributed by atoms with Crippen LogP contribution in [0.15, 0.2) is 12.2 Å². The summed E-state index contributed by atoms with van der Waals surface area (Å²) in [6, 6.07) is 0. The topological polar surface area (TPSA) is 35.5 Å². The lowest BCUT2D eigenvalue weighted by atomic mass is 10.1. The highest BCUT2D eigenvalue weighted by Gasteiger charge is 2.07. The molecule has 0 aliphatic heterocycles. The van der Waals surface area contributed by atoms with E-state index in [9.17, 15) is 4.79 Å². The van der Waals surface area contributed by atoms with Crippen LogP contribution in [-0.4, -0.2) is 25.3 Å². The quantitative estimate of drug-likeness (QED) is 0.345. The van der Waals surface area contributed by atoms with E-state index < -0.39 is 0 Å². The third kappa shape index (κ3) is 7.46. The van der Waals surface area contributed by atoms with Crippen molar-refractivity contribution in [3.05, 3.63) is 12.2 Å². The van der Waals surface area contributed by atoms with Crippen LogP contribution in [0, 0.1) is 0 Å². The first-order valence-corrected chi connectivity index (χ1v) is 6.06. The molecule has 0 N–H and O–H groups in total. The van der Waals surface area contributed by atoms with Crippen molar-refractivity contribution in [1.29, 1.82) is 0 Å². The van der Waals surface area contributed by atoms with E-state index >= 15 is 0 Å². The molecule has 0 spiro atoms. The van der Waals surface area contributed by atoms with Crippen LogP contribution < -0.4 is 0 Å². The summed E-state index contributed by atoms with van der Waals surface area (Å²) < 4.78 is 10.6. The lowest BCUT2D eigenvalue weighted by Gasteiger charge is -2.15. The number of ether oxygens (including phenoxy) is 2.